The summed E-state index contributed by atoms with van der Waals surface area (Å²) in [4.78, 5) is 21.4. The van der Waals surface area contributed by atoms with Crippen LogP contribution in [0, 0.1) is 17.3 Å². The highest BCUT2D eigenvalue weighted by atomic mass is 35.5. The highest BCUT2D eigenvalue weighted by Crippen LogP contribution is 2.48. The van der Waals surface area contributed by atoms with Crippen LogP contribution in [-0.4, -0.2) is 42.1 Å². The van der Waals surface area contributed by atoms with Gasteiger partial charge in [0.2, 0.25) is 5.95 Å². The van der Waals surface area contributed by atoms with Gasteiger partial charge in [-0.05, 0) is 102 Å². The zero-order chi connectivity index (χ0) is 30.7. The van der Waals surface area contributed by atoms with Gasteiger partial charge in [-0.15, -0.1) is 0 Å². The van der Waals surface area contributed by atoms with Crippen molar-refractivity contribution in [2.75, 3.05) is 31.1 Å². The number of rotatable bonds is 6. The van der Waals surface area contributed by atoms with Crippen molar-refractivity contribution in [3.8, 4) is 17.2 Å². The summed E-state index contributed by atoms with van der Waals surface area (Å²) >= 11 is 12.2. The van der Waals surface area contributed by atoms with E-state index in [1.165, 1.54) is 12.3 Å². The normalized spacial score (nSPS) is 15.8. The zero-order valence-electron chi connectivity index (χ0n) is 23.9. The molecule has 1 spiro atoms. The van der Waals surface area contributed by atoms with E-state index < -0.39 is 5.95 Å². The smallest absolute Gasteiger partial charge is 0.322 e. The second-order valence-electron chi connectivity index (χ2n) is 11.3. The van der Waals surface area contributed by atoms with E-state index in [0.29, 0.717) is 27.7 Å². The fourth-order valence-corrected chi connectivity index (χ4v) is 6.48. The number of nitriles is 1. The number of aromatic nitrogens is 1. The number of halogens is 3. The topological polar surface area (TPSA) is 72.3 Å². The number of amides is 2. The van der Waals surface area contributed by atoms with E-state index in [-0.39, 0.29) is 18.0 Å². The fourth-order valence-electron chi connectivity index (χ4n) is 6.17. The number of urea groups is 1. The zero-order valence-corrected chi connectivity index (χ0v) is 25.5. The van der Waals surface area contributed by atoms with Gasteiger partial charge in [0, 0.05) is 36.9 Å². The highest BCUT2D eigenvalue weighted by molar-refractivity contribution is 6.42. The van der Waals surface area contributed by atoms with E-state index in [1.807, 2.05) is 47.4 Å². The van der Waals surface area contributed by atoms with Gasteiger partial charge < -0.3 is 5.32 Å². The molecule has 4 aromatic rings. The molecule has 2 aliphatic rings. The third-order valence-corrected chi connectivity index (χ3v) is 9.29. The molecule has 222 valence electrons. The van der Waals surface area contributed by atoms with Crippen LogP contribution in [0.4, 0.5) is 14.9 Å². The van der Waals surface area contributed by atoms with Gasteiger partial charge in [0.25, 0.3) is 0 Å². The molecule has 0 radical (unpaired) electrons. The average molecular weight is 627 g/mol. The van der Waals surface area contributed by atoms with Crippen LogP contribution in [0.15, 0.2) is 85.1 Å². The van der Waals surface area contributed by atoms with Crippen LogP contribution < -0.4 is 10.2 Å². The summed E-state index contributed by atoms with van der Waals surface area (Å²) in [5.74, 6) is -0.575. The predicted octanol–water partition coefficient (Wildman–Crippen LogP) is 7.84. The Hall–Kier alpha value is -4.22. The molecule has 0 saturated carbocycles. The van der Waals surface area contributed by atoms with Crippen molar-refractivity contribution in [1.82, 2.24) is 15.2 Å². The van der Waals surface area contributed by atoms with Crippen LogP contribution in [-0.2, 0) is 12.0 Å². The van der Waals surface area contributed by atoms with Crippen molar-refractivity contribution in [3.05, 3.63) is 123 Å². The first-order chi connectivity index (χ1) is 21.3. The van der Waals surface area contributed by atoms with Crippen molar-refractivity contribution < 1.29 is 9.18 Å². The summed E-state index contributed by atoms with van der Waals surface area (Å²) in [6, 6.07) is 24.4. The van der Waals surface area contributed by atoms with E-state index in [4.69, 9.17) is 23.2 Å². The lowest BCUT2D eigenvalue weighted by atomic mass is 9.73. The van der Waals surface area contributed by atoms with Crippen molar-refractivity contribution in [1.29, 1.82) is 5.26 Å². The first-order valence-electron chi connectivity index (χ1n) is 14.5. The number of fused-ring (bicyclic) bond motifs is 2. The molecular formula is C35H30Cl2FN5O. The largest absolute Gasteiger partial charge is 0.334 e. The molecule has 2 amide bonds. The first kappa shape index (κ1) is 29.8. The van der Waals surface area contributed by atoms with Crippen molar-refractivity contribution >= 4 is 41.0 Å². The number of benzene rings is 3. The van der Waals surface area contributed by atoms with E-state index >= 15 is 0 Å². The number of nitrogens with one attached hydrogen (secondary N) is 1. The quantitative estimate of drug-likeness (QED) is 0.222. The second-order valence-corrected chi connectivity index (χ2v) is 12.1. The number of nitrogens with zero attached hydrogens (tertiary/aromatic N) is 4. The summed E-state index contributed by atoms with van der Waals surface area (Å²) in [5.41, 5.74) is 6.06. The van der Waals surface area contributed by atoms with Crippen molar-refractivity contribution in [3.63, 3.8) is 0 Å². The van der Waals surface area contributed by atoms with Gasteiger partial charge in [-0.25, -0.2) is 9.78 Å². The van der Waals surface area contributed by atoms with Crippen LogP contribution in [0.2, 0.25) is 10.0 Å². The molecule has 1 N–H and O–H groups in total. The second kappa shape index (κ2) is 12.8. The first-order valence-corrected chi connectivity index (χ1v) is 15.2. The van der Waals surface area contributed by atoms with Gasteiger partial charge in [-0.2, -0.15) is 9.65 Å². The molecule has 0 bridgehead atoms. The van der Waals surface area contributed by atoms with Crippen molar-refractivity contribution in [2.45, 2.75) is 24.8 Å². The van der Waals surface area contributed by atoms with Crippen LogP contribution in [0.3, 0.4) is 0 Å². The molecule has 44 heavy (non-hydrogen) atoms. The lowest BCUT2D eigenvalue weighted by Gasteiger charge is -2.39. The molecule has 6 nitrogen and oxygen atoms in total. The SMILES string of the molecule is N#Cc1cccc(-c2ccc3c(c2)C2(CCN(CC=Cc4ccc(Cl)c(Cl)c4)CC2)CN3C(=O)NCc2ccnc(F)c2)c1. The Kier molecular flexibility index (Phi) is 8.67. The maximum Gasteiger partial charge on any atom is 0.322 e. The third kappa shape index (κ3) is 6.34. The van der Waals surface area contributed by atoms with Crippen LogP contribution >= 0.6 is 23.2 Å². The molecule has 0 unspecified atom stereocenters. The van der Waals surface area contributed by atoms with E-state index in [2.05, 4.69) is 39.5 Å². The van der Waals surface area contributed by atoms with E-state index in [0.717, 1.165) is 60.4 Å². The molecule has 3 heterocycles. The van der Waals surface area contributed by atoms with Gasteiger partial charge in [-0.1, -0.05) is 59.6 Å². The summed E-state index contributed by atoms with van der Waals surface area (Å²) in [5, 5.41) is 13.5. The predicted molar refractivity (Wildman–Crippen MR) is 173 cm³/mol. The lowest BCUT2D eigenvalue weighted by molar-refractivity contribution is 0.180. The number of hydrogen-bond donors (Lipinski definition) is 1. The molecule has 0 atom stereocenters. The third-order valence-electron chi connectivity index (χ3n) is 8.56. The summed E-state index contributed by atoms with van der Waals surface area (Å²) in [7, 11) is 0. The van der Waals surface area contributed by atoms with Gasteiger partial charge >= 0.3 is 6.03 Å². The maximum atomic E-state index is 13.6. The van der Waals surface area contributed by atoms with E-state index in [1.54, 1.807) is 18.2 Å². The molecule has 0 aliphatic carbocycles. The number of piperidine rings is 1. The van der Waals surface area contributed by atoms with Gasteiger partial charge in [-0.3, -0.25) is 9.80 Å². The Labute approximate surface area is 266 Å². The lowest BCUT2D eigenvalue weighted by Crippen LogP contribution is -2.47. The number of likely N-dealkylation sites (tertiary alicyclic amines) is 1. The number of carbonyl (C=O) groups excluding carboxylic acids is 1. The van der Waals surface area contributed by atoms with Gasteiger partial charge in [0.15, 0.2) is 0 Å². The van der Waals surface area contributed by atoms with Crippen LogP contribution in [0.1, 0.15) is 35.1 Å². The van der Waals surface area contributed by atoms with E-state index in [9.17, 15) is 14.4 Å². The number of pyridine rings is 1. The molecule has 1 aromatic heterocycles. The summed E-state index contributed by atoms with van der Waals surface area (Å²) < 4.78 is 13.6. The monoisotopic (exact) mass is 625 g/mol. The fraction of sp³-hybridized carbons (Fsp3) is 0.229. The van der Waals surface area contributed by atoms with Crippen molar-refractivity contribution in [2.24, 2.45) is 0 Å². The minimum absolute atomic E-state index is 0.203. The Morgan fingerprint density at radius 2 is 1.84 bits per heavy atom. The molecule has 1 fully saturated rings. The molecule has 6 rings (SSSR count). The number of anilines is 1. The standard InChI is InChI=1S/C35H30Cl2FN5O/c36-30-8-6-24(18-31(30)37)4-2-14-42-15-11-35(12-16-42)23-43(34(44)41-22-26-10-13-40-33(38)19-26)32-9-7-28(20-29(32)35)27-5-1-3-25(17-27)21-39/h1-10,13,17-20H,11-12,14-16,22-23H2,(H,41,44). The minimum Gasteiger partial charge on any atom is -0.334 e. The van der Waals surface area contributed by atoms with Crippen LogP contribution in [0.5, 0.6) is 0 Å². The number of hydrogen-bond acceptors (Lipinski definition) is 4. The molecule has 1 saturated heterocycles. The highest BCUT2D eigenvalue weighted by Gasteiger charge is 2.46. The molecule has 3 aromatic carbocycles. The summed E-state index contributed by atoms with van der Waals surface area (Å²) in [6.45, 7) is 3.33. The summed E-state index contributed by atoms with van der Waals surface area (Å²) in [6.07, 6.45) is 7.37. The van der Waals surface area contributed by atoms with Crippen LogP contribution in [0.25, 0.3) is 17.2 Å². The number of carbonyl (C=O) groups is 1. The average Bonchev–Trinajstić information content (AvgIpc) is 3.35. The maximum absolute atomic E-state index is 13.6. The molecule has 2 aliphatic heterocycles. The molecule has 9 heteroatoms. The Bertz CT molecular complexity index is 1780. The Morgan fingerprint density at radius 3 is 2.61 bits per heavy atom. The Balaban J connectivity index is 1.22. The van der Waals surface area contributed by atoms with Gasteiger partial charge in [0.05, 0.1) is 21.7 Å². The Morgan fingerprint density at radius 1 is 1.02 bits per heavy atom. The van der Waals surface area contributed by atoms with Gasteiger partial charge in [0.1, 0.15) is 0 Å². The minimum atomic E-state index is -0.575. The molecular weight excluding hydrogens is 596 g/mol.